The molecule has 0 radical (unpaired) electrons. The summed E-state index contributed by atoms with van der Waals surface area (Å²) in [6.45, 7) is 0. The lowest BCUT2D eigenvalue weighted by molar-refractivity contribution is 0.102. The summed E-state index contributed by atoms with van der Waals surface area (Å²) in [6.07, 6.45) is 6.47. The van der Waals surface area contributed by atoms with Crippen LogP contribution in [0.25, 0.3) is 5.65 Å². The van der Waals surface area contributed by atoms with Crippen molar-refractivity contribution in [2.24, 2.45) is 0 Å². The third-order valence-corrected chi connectivity index (χ3v) is 4.21. The molecule has 3 heterocycles. The lowest BCUT2D eigenvalue weighted by Crippen LogP contribution is -2.14. The van der Waals surface area contributed by atoms with Gasteiger partial charge in [-0.05, 0) is 30.9 Å². The molecule has 0 saturated heterocycles. The summed E-state index contributed by atoms with van der Waals surface area (Å²) in [5, 5.41) is 13.2. The van der Waals surface area contributed by atoms with Crippen molar-refractivity contribution in [3.63, 3.8) is 0 Å². The van der Waals surface area contributed by atoms with Crippen LogP contribution in [-0.2, 0) is 12.8 Å². The Bertz CT molecular complexity index is 793. The summed E-state index contributed by atoms with van der Waals surface area (Å²) in [5.74, 6) is -0.187. The maximum absolute atomic E-state index is 12.4. The summed E-state index contributed by atoms with van der Waals surface area (Å²) < 4.78 is 1.93. The first-order valence-electron chi connectivity index (χ1n) is 6.38. The number of fused-ring (bicyclic) bond motifs is 3. The lowest BCUT2D eigenvalue weighted by atomic mass is 10.1. The number of nitrogens with zero attached hydrogens (tertiary/aromatic N) is 4. The summed E-state index contributed by atoms with van der Waals surface area (Å²) in [5.41, 5.74) is 3.59. The van der Waals surface area contributed by atoms with E-state index in [2.05, 4.69) is 20.5 Å². The zero-order valence-electron chi connectivity index (χ0n) is 10.5. The van der Waals surface area contributed by atoms with Crippen LogP contribution in [0.2, 0.25) is 0 Å². The first kappa shape index (κ1) is 11.5. The molecule has 0 fully saturated rings. The van der Waals surface area contributed by atoms with Crippen LogP contribution in [0.5, 0.6) is 0 Å². The molecule has 6 nitrogen and oxygen atoms in total. The highest BCUT2D eigenvalue weighted by Crippen LogP contribution is 2.26. The van der Waals surface area contributed by atoms with E-state index in [-0.39, 0.29) is 5.91 Å². The lowest BCUT2D eigenvalue weighted by Gasteiger charge is -2.08. The van der Waals surface area contributed by atoms with Gasteiger partial charge in [-0.2, -0.15) is 0 Å². The highest BCUT2D eigenvalue weighted by molar-refractivity contribution is 7.13. The first-order valence-corrected chi connectivity index (χ1v) is 7.26. The molecule has 1 amide bonds. The van der Waals surface area contributed by atoms with E-state index >= 15 is 0 Å². The minimum Gasteiger partial charge on any atom is -0.298 e. The van der Waals surface area contributed by atoms with E-state index in [1.807, 2.05) is 15.8 Å². The van der Waals surface area contributed by atoms with Gasteiger partial charge in [0.25, 0.3) is 5.91 Å². The second kappa shape index (κ2) is 4.38. The maximum atomic E-state index is 12.4. The first-order chi connectivity index (χ1) is 9.83. The topological polar surface area (TPSA) is 72.2 Å². The second-order valence-corrected chi connectivity index (χ2v) is 5.59. The Morgan fingerprint density at radius 3 is 3.20 bits per heavy atom. The Morgan fingerprint density at radius 1 is 1.40 bits per heavy atom. The number of anilines is 1. The van der Waals surface area contributed by atoms with E-state index in [0.29, 0.717) is 16.3 Å². The number of amides is 1. The number of hydrogen-bond acceptors (Lipinski definition) is 5. The van der Waals surface area contributed by atoms with E-state index in [1.54, 1.807) is 12.5 Å². The smallest absolute Gasteiger partial charge is 0.261 e. The number of pyridine rings is 1. The molecule has 3 aromatic rings. The SMILES string of the molecule is O=C(Nc1nccs1)c1cc2c(n3cnnc13)CCC2. The number of rotatable bonds is 2. The average Bonchev–Trinajstić information content (AvgIpc) is 3.17. The second-order valence-electron chi connectivity index (χ2n) is 4.70. The maximum Gasteiger partial charge on any atom is 0.261 e. The fourth-order valence-electron chi connectivity index (χ4n) is 2.65. The predicted octanol–water partition coefficient (Wildman–Crippen LogP) is 1.93. The molecule has 0 aliphatic heterocycles. The van der Waals surface area contributed by atoms with Gasteiger partial charge in [0.1, 0.15) is 6.33 Å². The van der Waals surface area contributed by atoms with Crippen LogP contribution in [0.15, 0.2) is 24.0 Å². The third-order valence-electron chi connectivity index (χ3n) is 3.53. The molecule has 7 heteroatoms. The van der Waals surface area contributed by atoms with Gasteiger partial charge in [0.05, 0.1) is 5.56 Å². The summed E-state index contributed by atoms with van der Waals surface area (Å²) in [6, 6.07) is 1.94. The van der Waals surface area contributed by atoms with E-state index in [9.17, 15) is 4.79 Å². The number of aromatic nitrogens is 4. The summed E-state index contributed by atoms with van der Waals surface area (Å²) in [4.78, 5) is 16.5. The van der Waals surface area contributed by atoms with Crippen LogP contribution in [0.4, 0.5) is 5.13 Å². The van der Waals surface area contributed by atoms with Gasteiger partial charge in [0.2, 0.25) is 0 Å². The Labute approximate surface area is 118 Å². The molecule has 0 saturated carbocycles. The highest BCUT2D eigenvalue weighted by Gasteiger charge is 2.21. The number of carbonyl (C=O) groups excluding carboxylic acids is 1. The average molecular weight is 285 g/mol. The molecule has 3 aromatic heterocycles. The van der Waals surface area contributed by atoms with Crippen molar-refractivity contribution >= 4 is 28.0 Å². The largest absolute Gasteiger partial charge is 0.298 e. The van der Waals surface area contributed by atoms with Gasteiger partial charge in [0, 0.05) is 17.3 Å². The van der Waals surface area contributed by atoms with Gasteiger partial charge in [-0.3, -0.25) is 14.5 Å². The monoisotopic (exact) mass is 285 g/mol. The molecule has 100 valence electrons. The Kier molecular flexibility index (Phi) is 2.53. The molecule has 0 bridgehead atoms. The Balaban J connectivity index is 1.81. The summed E-state index contributed by atoms with van der Waals surface area (Å²) in [7, 11) is 0. The number of nitrogens with one attached hydrogen (secondary N) is 1. The molecule has 1 aliphatic rings. The molecular weight excluding hydrogens is 274 g/mol. The molecule has 0 atom stereocenters. The fourth-order valence-corrected chi connectivity index (χ4v) is 3.18. The Hall–Kier alpha value is -2.28. The van der Waals surface area contributed by atoms with Crippen LogP contribution >= 0.6 is 11.3 Å². The van der Waals surface area contributed by atoms with Crippen LogP contribution in [0.1, 0.15) is 28.0 Å². The standard InChI is InChI=1S/C13H11N5OS/c19-12(16-13-14-4-5-20-13)9-6-8-2-1-3-10(8)18-7-15-17-11(9)18/h4-7H,1-3H2,(H,14,16,19). The molecule has 1 N–H and O–H groups in total. The molecular formula is C13H11N5OS. The van der Waals surface area contributed by atoms with Gasteiger partial charge in [-0.15, -0.1) is 21.5 Å². The van der Waals surface area contributed by atoms with Crippen molar-refractivity contribution < 1.29 is 4.79 Å². The van der Waals surface area contributed by atoms with Crippen molar-refractivity contribution in [2.75, 3.05) is 5.32 Å². The predicted molar refractivity (Wildman–Crippen MR) is 75.1 cm³/mol. The van der Waals surface area contributed by atoms with Crippen molar-refractivity contribution in [3.05, 3.63) is 40.8 Å². The molecule has 20 heavy (non-hydrogen) atoms. The van der Waals surface area contributed by atoms with E-state index < -0.39 is 0 Å². The van der Waals surface area contributed by atoms with Gasteiger partial charge in [-0.1, -0.05) is 0 Å². The van der Waals surface area contributed by atoms with Crippen LogP contribution < -0.4 is 5.32 Å². The van der Waals surface area contributed by atoms with Crippen molar-refractivity contribution in [3.8, 4) is 0 Å². The Morgan fingerprint density at radius 2 is 2.35 bits per heavy atom. The number of aryl methyl sites for hydroxylation is 2. The number of hydrogen-bond donors (Lipinski definition) is 1. The minimum absolute atomic E-state index is 0.187. The molecule has 0 unspecified atom stereocenters. The van der Waals surface area contributed by atoms with Gasteiger partial charge >= 0.3 is 0 Å². The van der Waals surface area contributed by atoms with E-state index in [1.165, 1.54) is 22.6 Å². The van der Waals surface area contributed by atoms with Crippen LogP contribution in [0, 0.1) is 0 Å². The van der Waals surface area contributed by atoms with Crippen molar-refractivity contribution in [1.29, 1.82) is 0 Å². The number of thiazole rings is 1. The molecule has 1 aliphatic carbocycles. The molecule has 0 spiro atoms. The van der Waals surface area contributed by atoms with Crippen LogP contribution in [0.3, 0.4) is 0 Å². The van der Waals surface area contributed by atoms with Crippen molar-refractivity contribution in [2.45, 2.75) is 19.3 Å². The van der Waals surface area contributed by atoms with Gasteiger partial charge in [0.15, 0.2) is 10.8 Å². The van der Waals surface area contributed by atoms with E-state index in [4.69, 9.17) is 0 Å². The van der Waals surface area contributed by atoms with Gasteiger partial charge in [-0.25, -0.2) is 4.98 Å². The number of carbonyl (C=O) groups is 1. The van der Waals surface area contributed by atoms with Crippen molar-refractivity contribution in [1.82, 2.24) is 19.6 Å². The zero-order chi connectivity index (χ0) is 13.5. The summed E-state index contributed by atoms with van der Waals surface area (Å²) >= 11 is 1.39. The normalized spacial score (nSPS) is 13.6. The quantitative estimate of drug-likeness (QED) is 0.781. The van der Waals surface area contributed by atoms with E-state index in [0.717, 1.165) is 19.3 Å². The van der Waals surface area contributed by atoms with Gasteiger partial charge < -0.3 is 0 Å². The highest BCUT2D eigenvalue weighted by atomic mass is 32.1. The minimum atomic E-state index is -0.187. The fraction of sp³-hybridized carbons (Fsp3) is 0.231. The zero-order valence-corrected chi connectivity index (χ0v) is 11.4. The molecule has 4 rings (SSSR count). The third kappa shape index (κ3) is 1.70. The molecule has 0 aromatic carbocycles. The van der Waals surface area contributed by atoms with Crippen LogP contribution in [-0.4, -0.2) is 25.5 Å².